The topological polar surface area (TPSA) is 46.2 Å². The third-order valence-corrected chi connectivity index (χ3v) is 3.19. The zero-order valence-corrected chi connectivity index (χ0v) is 9.91. The van der Waals surface area contributed by atoms with Gasteiger partial charge in [-0.05, 0) is 12.3 Å². The largest absolute Gasteiger partial charge is 0.214 e. The van der Waals surface area contributed by atoms with Gasteiger partial charge in [-0.2, -0.15) is 0 Å². The Hall–Kier alpha value is 0.390. The minimum Gasteiger partial charge on any atom is -0.214 e. The number of sulfonamides is 1. The van der Waals surface area contributed by atoms with E-state index in [9.17, 15) is 8.42 Å². The van der Waals surface area contributed by atoms with E-state index in [-0.39, 0.29) is 5.75 Å². The summed E-state index contributed by atoms with van der Waals surface area (Å²) in [6.45, 7) is 4.50. The lowest BCUT2D eigenvalue weighted by Crippen LogP contribution is -2.28. The monoisotopic (exact) mass is 257 g/mol. The van der Waals surface area contributed by atoms with Crippen molar-refractivity contribution in [1.82, 2.24) is 4.72 Å². The van der Waals surface area contributed by atoms with Gasteiger partial charge in [-0.25, -0.2) is 13.1 Å². The van der Waals surface area contributed by atoms with Gasteiger partial charge in [-0.1, -0.05) is 29.8 Å². The van der Waals surface area contributed by atoms with Crippen LogP contribution in [-0.2, 0) is 10.0 Å². The highest BCUT2D eigenvalue weighted by Crippen LogP contribution is 2.01. The molecule has 0 atom stereocenters. The van der Waals surface area contributed by atoms with Crippen molar-refractivity contribution >= 4 is 26.0 Å². The van der Waals surface area contributed by atoms with E-state index in [1.165, 1.54) is 0 Å². The van der Waals surface area contributed by atoms with Gasteiger partial charge < -0.3 is 0 Å². The Morgan fingerprint density at radius 3 is 2.42 bits per heavy atom. The van der Waals surface area contributed by atoms with E-state index in [0.717, 1.165) is 6.42 Å². The molecule has 0 fully saturated rings. The third kappa shape index (κ3) is 7.06. The first-order chi connectivity index (χ1) is 5.48. The number of nitrogens with one attached hydrogen (secondary N) is 1. The number of halogens is 1. The summed E-state index contributed by atoms with van der Waals surface area (Å²) in [5, 5.41) is 0.661. The highest BCUT2D eigenvalue weighted by atomic mass is 79.9. The van der Waals surface area contributed by atoms with E-state index in [0.29, 0.717) is 17.8 Å². The van der Waals surface area contributed by atoms with Gasteiger partial charge in [0.25, 0.3) is 0 Å². The fourth-order valence-corrected chi connectivity index (χ4v) is 2.46. The van der Waals surface area contributed by atoms with E-state index >= 15 is 0 Å². The molecule has 0 aromatic heterocycles. The number of alkyl halides is 1. The molecule has 0 saturated carbocycles. The van der Waals surface area contributed by atoms with Gasteiger partial charge in [0.15, 0.2) is 0 Å². The molecule has 74 valence electrons. The second kappa shape index (κ2) is 5.94. The second-order valence-corrected chi connectivity index (χ2v) is 5.80. The van der Waals surface area contributed by atoms with Crippen LogP contribution in [-0.4, -0.2) is 26.0 Å². The second-order valence-electron chi connectivity index (χ2n) is 3.08. The van der Waals surface area contributed by atoms with Crippen molar-refractivity contribution in [3.8, 4) is 0 Å². The molecule has 0 rings (SSSR count). The summed E-state index contributed by atoms with van der Waals surface area (Å²) < 4.78 is 24.8. The first kappa shape index (κ1) is 12.4. The summed E-state index contributed by atoms with van der Waals surface area (Å²) in [6, 6.07) is 0. The van der Waals surface area contributed by atoms with Crippen molar-refractivity contribution in [3.63, 3.8) is 0 Å². The van der Waals surface area contributed by atoms with Crippen molar-refractivity contribution in [2.45, 2.75) is 20.3 Å². The molecule has 0 saturated heterocycles. The van der Waals surface area contributed by atoms with Crippen LogP contribution >= 0.6 is 15.9 Å². The molecule has 0 amide bonds. The van der Waals surface area contributed by atoms with Crippen LogP contribution in [0.25, 0.3) is 0 Å². The van der Waals surface area contributed by atoms with Crippen molar-refractivity contribution < 1.29 is 8.42 Å². The van der Waals surface area contributed by atoms with Gasteiger partial charge in [0, 0.05) is 11.9 Å². The van der Waals surface area contributed by atoms with Crippen molar-refractivity contribution in [2.75, 3.05) is 17.6 Å². The minimum atomic E-state index is -3.02. The first-order valence-electron chi connectivity index (χ1n) is 4.01. The fourth-order valence-electron chi connectivity index (χ4n) is 0.657. The summed E-state index contributed by atoms with van der Waals surface area (Å²) in [4.78, 5) is 0. The highest BCUT2D eigenvalue weighted by Gasteiger charge is 2.09. The zero-order chi connectivity index (χ0) is 9.61. The normalized spacial score (nSPS) is 12.3. The molecular formula is C7H16BrNO2S. The number of hydrogen-bond donors (Lipinski definition) is 1. The lowest BCUT2D eigenvalue weighted by atomic mass is 10.2. The summed E-state index contributed by atoms with van der Waals surface area (Å²) in [5.74, 6) is 0.669. The summed E-state index contributed by atoms with van der Waals surface area (Å²) >= 11 is 3.16. The number of hydrogen-bond acceptors (Lipinski definition) is 2. The van der Waals surface area contributed by atoms with Crippen LogP contribution in [0.2, 0.25) is 0 Å². The maximum atomic E-state index is 11.2. The van der Waals surface area contributed by atoms with Gasteiger partial charge in [0.2, 0.25) is 10.0 Å². The lowest BCUT2D eigenvalue weighted by Gasteiger charge is -2.06. The summed E-state index contributed by atoms with van der Waals surface area (Å²) in [6.07, 6.45) is 0.720. The van der Waals surface area contributed by atoms with Crippen LogP contribution in [0.15, 0.2) is 0 Å². The molecule has 0 aromatic carbocycles. The average Bonchev–Trinajstić information content (AvgIpc) is 1.98. The van der Waals surface area contributed by atoms with Crippen LogP contribution in [0.1, 0.15) is 20.3 Å². The molecule has 1 N–H and O–H groups in total. The first-order valence-corrected chi connectivity index (χ1v) is 6.78. The van der Waals surface area contributed by atoms with Gasteiger partial charge in [0.1, 0.15) is 0 Å². The molecule has 0 bridgehead atoms. The predicted molar refractivity (Wildman–Crippen MR) is 55.0 cm³/mol. The van der Waals surface area contributed by atoms with Crippen LogP contribution in [0.5, 0.6) is 0 Å². The molecule has 0 aliphatic heterocycles. The van der Waals surface area contributed by atoms with Crippen molar-refractivity contribution in [1.29, 1.82) is 0 Å². The average molecular weight is 258 g/mol. The number of rotatable bonds is 6. The minimum absolute atomic E-state index is 0.234. The Morgan fingerprint density at radius 2 is 2.00 bits per heavy atom. The van der Waals surface area contributed by atoms with E-state index in [4.69, 9.17) is 0 Å². The standard InChI is InChI=1S/C7H16BrNO2S/c1-7(2)3-6-12(10,11)9-5-4-8/h7,9H,3-6H2,1-2H3. The Bertz CT molecular complexity index is 201. The molecule has 0 spiro atoms. The summed E-state index contributed by atoms with van der Waals surface area (Å²) in [7, 11) is -3.02. The van der Waals surface area contributed by atoms with Crippen LogP contribution in [0.4, 0.5) is 0 Å². The van der Waals surface area contributed by atoms with E-state index in [2.05, 4.69) is 20.7 Å². The van der Waals surface area contributed by atoms with Crippen molar-refractivity contribution in [3.05, 3.63) is 0 Å². The Kier molecular flexibility index (Phi) is 6.13. The predicted octanol–water partition coefficient (Wildman–Crippen LogP) is 1.35. The van der Waals surface area contributed by atoms with Gasteiger partial charge in [-0.3, -0.25) is 0 Å². The lowest BCUT2D eigenvalue weighted by molar-refractivity contribution is 0.564. The molecule has 0 aliphatic carbocycles. The molecule has 0 heterocycles. The van der Waals surface area contributed by atoms with Crippen molar-refractivity contribution in [2.24, 2.45) is 5.92 Å². The quantitative estimate of drug-likeness (QED) is 0.731. The third-order valence-electron chi connectivity index (χ3n) is 1.38. The van der Waals surface area contributed by atoms with Gasteiger partial charge >= 0.3 is 0 Å². The molecule has 3 nitrogen and oxygen atoms in total. The molecule has 5 heteroatoms. The highest BCUT2D eigenvalue weighted by molar-refractivity contribution is 9.09. The molecular weight excluding hydrogens is 242 g/mol. The molecule has 12 heavy (non-hydrogen) atoms. The molecule has 0 aromatic rings. The van der Waals surface area contributed by atoms with E-state index in [1.54, 1.807) is 0 Å². The van der Waals surface area contributed by atoms with E-state index in [1.807, 2.05) is 13.8 Å². The Balaban J connectivity index is 3.73. The van der Waals surface area contributed by atoms with Crippen LogP contribution < -0.4 is 4.72 Å². The van der Waals surface area contributed by atoms with Crippen LogP contribution in [0, 0.1) is 5.92 Å². The van der Waals surface area contributed by atoms with Crippen LogP contribution in [0.3, 0.4) is 0 Å². The molecule has 0 aliphatic rings. The maximum Gasteiger partial charge on any atom is 0.211 e. The maximum absolute atomic E-state index is 11.2. The zero-order valence-electron chi connectivity index (χ0n) is 7.51. The van der Waals surface area contributed by atoms with E-state index < -0.39 is 10.0 Å². The molecule has 0 unspecified atom stereocenters. The molecule has 0 radical (unpaired) electrons. The van der Waals surface area contributed by atoms with Gasteiger partial charge in [-0.15, -0.1) is 0 Å². The smallest absolute Gasteiger partial charge is 0.211 e. The van der Waals surface area contributed by atoms with Gasteiger partial charge in [0.05, 0.1) is 5.75 Å². The Morgan fingerprint density at radius 1 is 1.42 bits per heavy atom. The Labute approximate surface area is 83.1 Å². The summed E-state index contributed by atoms with van der Waals surface area (Å²) in [5.41, 5.74) is 0. The fraction of sp³-hybridized carbons (Fsp3) is 1.00. The SMILES string of the molecule is CC(C)CCS(=O)(=O)NCCBr.